The topological polar surface area (TPSA) is 58.0 Å². The summed E-state index contributed by atoms with van der Waals surface area (Å²) >= 11 is 0. The first kappa shape index (κ1) is 31.0. The number of nitrogens with zero attached hydrogens (tertiary/aromatic N) is 6. The molecule has 0 atom stereocenters. The third kappa shape index (κ3) is 5.75. The third-order valence-electron chi connectivity index (χ3n) is 8.61. The number of hydrogen-bond acceptors (Lipinski definition) is 6. The molecule has 0 amide bonds. The maximum absolute atomic E-state index is 4.75. The van der Waals surface area contributed by atoms with E-state index in [4.69, 9.17) is 19.9 Å². The quantitative estimate of drug-likeness (QED) is 0.171. The van der Waals surface area contributed by atoms with E-state index >= 15 is 0 Å². The first-order valence-corrected chi connectivity index (χ1v) is 16.4. The van der Waals surface area contributed by atoms with Crippen molar-refractivity contribution in [3.05, 3.63) is 145 Å². The Bertz CT molecular complexity index is 1960. The van der Waals surface area contributed by atoms with E-state index in [2.05, 4.69) is 87.7 Å². The molecular formula is C42H40N6. The van der Waals surface area contributed by atoms with Crippen LogP contribution in [-0.4, -0.2) is 19.9 Å². The predicted octanol–water partition coefficient (Wildman–Crippen LogP) is 11.1. The molecule has 0 aliphatic heterocycles. The van der Waals surface area contributed by atoms with Crippen LogP contribution in [0, 0.1) is 0 Å². The summed E-state index contributed by atoms with van der Waals surface area (Å²) in [6.45, 7) is 13.8. The second kappa shape index (κ2) is 12.2. The highest BCUT2D eigenvalue weighted by atomic mass is 15.2. The molecule has 0 N–H and O–H groups in total. The Labute approximate surface area is 282 Å². The van der Waals surface area contributed by atoms with Gasteiger partial charge >= 0.3 is 0 Å². The molecule has 0 saturated heterocycles. The van der Waals surface area contributed by atoms with Crippen LogP contribution in [-0.2, 0) is 10.8 Å². The summed E-state index contributed by atoms with van der Waals surface area (Å²) in [5.41, 5.74) is 4.30. The van der Waals surface area contributed by atoms with Gasteiger partial charge in [-0.25, -0.2) is 19.9 Å². The van der Waals surface area contributed by atoms with E-state index in [0.29, 0.717) is 0 Å². The molecule has 0 spiro atoms. The van der Waals surface area contributed by atoms with Crippen LogP contribution >= 0.6 is 0 Å². The van der Waals surface area contributed by atoms with Crippen LogP contribution in [0.15, 0.2) is 134 Å². The molecule has 238 valence electrons. The summed E-state index contributed by atoms with van der Waals surface area (Å²) in [7, 11) is 0. The number of pyridine rings is 4. The Morgan fingerprint density at radius 3 is 0.958 bits per heavy atom. The SMILES string of the molecule is CC(C)(C)c1c2ccc(N(c3ccccn3)c3ccccn3)cc2c(C(C)(C)C)c2cc(N(c3ccccn3)c3ccccn3)ccc12. The highest BCUT2D eigenvalue weighted by Crippen LogP contribution is 2.47. The number of hydrogen-bond donors (Lipinski definition) is 0. The lowest BCUT2D eigenvalue weighted by atomic mass is 9.74. The van der Waals surface area contributed by atoms with Gasteiger partial charge in [0, 0.05) is 36.2 Å². The Hall–Kier alpha value is -5.62. The first-order chi connectivity index (χ1) is 23.1. The van der Waals surface area contributed by atoms with Gasteiger partial charge in [0.1, 0.15) is 23.3 Å². The van der Waals surface area contributed by atoms with E-state index in [0.717, 1.165) is 34.6 Å². The van der Waals surface area contributed by atoms with Crippen LogP contribution in [0.1, 0.15) is 52.7 Å². The molecule has 0 unspecified atom stereocenters. The standard InChI is InChI=1S/C42H40N6/c1-41(2,3)39-31-21-19-29(47(35-15-7-11-23-43-35)36-16-8-12-24-44-36)27-33(31)40(42(4,5)6)34-28-30(20-22-32(34)39)48(37-17-9-13-25-45-37)38-18-10-14-26-46-38/h7-28H,1-6H3. The van der Waals surface area contributed by atoms with Gasteiger partial charge in [-0.3, -0.25) is 9.80 Å². The minimum atomic E-state index is -0.189. The fourth-order valence-corrected chi connectivity index (χ4v) is 6.81. The largest absolute Gasteiger partial charge is 0.279 e. The van der Waals surface area contributed by atoms with Crippen LogP contribution in [0.4, 0.5) is 34.6 Å². The fourth-order valence-electron chi connectivity index (χ4n) is 6.81. The maximum atomic E-state index is 4.75. The van der Waals surface area contributed by atoms with Crippen molar-refractivity contribution in [3.8, 4) is 0 Å². The predicted molar refractivity (Wildman–Crippen MR) is 199 cm³/mol. The smallest absolute Gasteiger partial charge is 0.138 e. The van der Waals surface area contributed by atoms with Crippen LogP contribution < -0.4 is 9.80 Å². The van der Waals surface area contributed by atoms with Gasteiger partial charge in [-0.2, -0.15) is 0 Å². The van der Waals surface area contributed by atoms with Crippen molar-refractivity contribution in [2.45, 2.75) is 52.4 Å². The lowest BCUT2D eigenvalue weighted by molar-refractivity contribution is 0.593. The molecule has 7 rings (SSSR count). The molecule has 0 aliphatic rings. The van der Waals surface area contributed by atoms with Gasteiger partial charge in [-0.05, 0) is 116 Å². The van der Waals surface area contributed by atoms with Crippen molar-refractivity contribution in [1.29, 1.82) is 0 Å². The summed E-state index contributed by atoms with van der Waals surface area (Å²) in [6.07, 6.45) is 7.31. The number of aromatic nitrogens is 4. The van der Waals surface area contributed by atoms with Crippen LogP contribution in [0.5, 0.6) is 0 Å². The molecular weight excluding hydrogens is 589 g/mol. The Morgan fingerprint density at radius 2 is 0.688 bits per heavy atom. The summed E-state index contributed by atoms with van der Waals surface area (Å²) in [6, 6.07) is 37.6. The van der Waals surface area contributed by atoms with Crippen molar-refractivity contribution in [2.24, 2.45) is 0 Å². The lowest BCUT2D eigenvalue weighted by Crippen LogP contribution is -2.19. The number of benzene rings is 3. The molecule has 6 heteroatoms. The van der Waals surface area contributed by atoms with Gasteiger partial charge < -0.3 is 0 Å². The average Bonchev–Trinajstić information content (AvgIpc) is 3.08. The fraction of sp³-hybridized carbons (Fsp3) is 0.190. The molecule has 0 radical (unpaired) electrons. The Balaban J connectivity index is 1.56. The number of fused-ring (bicyclic) bond motifs is 2. The van der Waals surface area contributed by atoms with Gasteiger partial charge in [0.05, 0.1) is 0 Å². The van der Waals surface area contributed by atoms with Gasteiger partial charge in [0.25, 0.3) is 0 Å². The molecule has 0 saturated carbocycles. The second-order valence-corrected chi connectivity index (χ2v) is 14.1. The summed E-state index contributed by atoms with van der Waals surface area (Å²) in [5.74, 6) is 3.25. The van der Waals surface area contributed by atoms with E-state index in [1.54, 1.807) is 0 Å². The van der Waals surface area contributed by atoms with Gasteiger partial charge in [-0.1, -0.05) is 77.9 Å². The van der Waals surface area contributed by atoms with Crippen LogP contribution in [0.25, 0.3) is 21.5 Å². The maximum Gasteiger partial charge on any atom is 0.138 e. The summed E-state index contributed by atoms with van der Waals surface area (Å²) in [5, 5.41) is 4.94. The number of rotatable bonds is 6. The molecule has 0 aliphatic carbocycles. The van der Waals surface area contributed by atoms with Crippen molar-refractivity contribution in [2.75, 3.05) is 9.80 Å². The molecule has 3 aromatic carbocycles. The summed E-state index contributed by atoms with van der Waals surface area (Å²) in [4.78, 5) is 23.3. The third-order valence-corrected chi connectivity index (χ3v) is 8.61. The molecule has 0 fully saturated rings. The van der Waals surface area contributed by atoms with E-state index in [-0.39, 0.29) is 10.8 Å². The monoisotopic (exact) mass is 628 g/mol. The summed E-state index contributed by atoms with van der Waals surface area (Å²) < 4.78 is 0. The lowest BCUT2D eigenvalue weighted by Gasteiger charge is -2.32. The van der Waals surface area contributed by atoms with Gasteiger partial charge in [0.15, 0.2) is 0 Å². The van der Waals surface area contributed by atoms with E-state index in [9.17, 15) is 0 Å². The zero-order chi connectivity index (χ0) is 33.5. The van der Waals surface area contributed by atoms with Crippen molar-refractivity contribution < 1.29 is 0 Å². The first-order valence-electron chi connectivity index (χ1n) is 16.4. The van der Waals surface area contributed by atoms with E-state index in [1.807, 2.05) is 97.6 Å². The zero-order valence-electron chi connectivity index (χ0n) is 28.4. The molecule has 6 nitrogen and oxygen atoms in total. The second-order valence-electron chi connectivity index (χ2n) is 14.1. The molecule has 0 bridgehead atoms. The Morgan fingerprint density at radius 1 is 0.375 bits per heavy atom. The normalized spacial score (nSPS) is 12.0. The highest BCUT2D eigenvalue weighted by molar-refractivity contribution is 6.09. The van der Waals surface area contributed by atoms with Crippen molar-refractivity contribution in [1.82, 2.24) is 19.9 Å². The van der Waals surface area contributed by atoms with Crippen LogP contribution in [0.2, 0.25) is 0 Å². The molecule has 4 heterocycles. The van der Waals surface area contributed by atoms with Gasteiger partial charge in [0.2, 0.25) is 0 Å². The minimum Gasteiger partial charge on any atom is -0.279 e. The molecule has 7 aromatic rings. The van der Waals surface area contributed by atoms with E-state index < -0.39 is 0 Å². The Kier molecular flexibility index (Phi) is 7.88. The number of anilines is 6. The molecule has 4 aromatic heterocycles. The van der Waals surface area contributed by atoms with Crippen molar-refractivity contribution in [3.63, 3.8) is 0 Å². The van der Waals surface area contributed by atoms with Gasteiger partial charge in [-0.15, -0.1) is 0 Å². The highest BCUT2D eigenvalue weighted by Gasteiger charge is 2.29. The van der Waals surface area contributed by atoms with E-state index in [1.165, 1.54) is 32.7 Å². The minimum absolute atomic E-state index is 0.126. The average molecular weight is 629 g/mol. The van der Waals surface area contributed by atoms with Crippen molar-refractivity contribution >= 4 is 56.2 Å². The van der Waals surface area contributed by atoms with Crippen LogP contribution in [0.3, 0.4) is 0 Å². The zero-order valence-corrected chi connectivity index (χ0v) is 28.4. The molecule has 48 heavy (non-hydrogen) atoms.